The summed E-state index contributed by atoms with van der Waals surface area (Å²) in [5.41, 5.74) is 0. The van der Waals surface area contributed by atoms with Gasteiger partial charge in [-0.05, 0) is 19.3 Å². The van der Waals surface area contributed by atoms with E-state index in [9.17, 15) is 9.59 Å². The van der Waals surface area contributed by atoms with Crippen LogP contribution in [0.4, 0.5) is 0 Å². The molecule has 3 heteroatoms. The number of carbonyl (C=O) groups excluding carboxylic acids is 2. The van der Waals surface area contributed by atoms with Crippen LogP contribution in [0, 0.1) is 0 Å². The largest absolute Gasteiger partial charge is 0.389 e. The first-order valence-corrected chi connectivity index (χ1v) is 6.96. The lowest BCUT2D eigenvalue weighted by atomic mass is 10.0. The molecule has 0 aromatic carbocycles. The number of aliphatic hydroxyl groups excluding tert-OH is 1. The molecule has 0 heterocycles. The molecule has 0 saturated heterocycles. The van der Waals surface area contributed by atoms with Gasteiger partial charge in [0.2, 0.25) is 0 Å². The SMILES string of the molecule is C=CCCCCCCCCC(=O)CCC(=O)CO. The molecule has 0 aromatic heterocycles. The number of ketones is 2. The maximum Gasteiger partial charge on any atom is 0.158 e. The number of hydrogen-bond donors (Lipinski definition) is 1. The smallest absolute Gasteiger partial charge is 0.158 e. The van der Waals surface area contributed by atoms with Crippen molar-refractivity contribution in [3.8, 4) is 0 Å². The summed E-state index contributed by atoms with van der Waals surface area (Å²) in [6.07, 6.45) is 11.0. The van der Waals surface area contributed by atoms with Crippen LogP contribution in [0.3, 0.4) is 0 Å². The van der Waals surface area contributed by atoms with Crippen LogP contribution in [0.1, 0.15) is 64.2 Å². The highest BCUT2D eigenvalue weighted by Gasteiger charge is 2.05. The molecular formula is C15H26O3. The number of hydrogen-bond acceptors (Lipinski definition) is 3. The van der Waals surface area contributed by atoms with Crippen LogP contribution in [0.2, 0.25) is 0 Å². The number of allylic oxidation sites excluding steroid dienone is 1. The van der Waals surface area contributed by atoms with Gasteiger partial charge in [0.1, 0.15) is 12.4 Å². The van der Waals surface area contributed by atoms with E-state index in [0.717, 1.165) is 19.3 Å². The van der Waals surface area contributed by atoms with Crippen molar-refractivity contribution in [2.75, 3.05) is 6.61 Å². The predicted octanol–water partition coefficient (Wildman–Crippen LogP) is 3.20. The van der Waals surface area contributed by atoms with E-state index in [4.69, 9.17) is 5.11 Å². The van der Waals surface area contributed by atoms with Gasteiger partial charge in [0.25, 0.3) is 0 Å². The normalized spacial score (nSPS) is 10.3. The molecule has 104 valence electrons. The minimum absolute atomic E-state index is 0.142. The third kappa shape index (κ3) is 11.5. The van der Waals surface area contributed by atoms with Crippen molar-refractivity contribution < 1.29 is 14.7 Å². The van der Waals surface area contributed by atoms with Crippen LogP contribution >= 0.6 is 0 Å². The van der Waals surface area contributed by atoms with Gasteiger partial charge in [-0.2, -0.15) is 0 Å². The molecule has 0 atom stereocenters. The molecule has 0 fully saturated rings. The zero-order chi connectivity index (χ0) is 13.6. The van der Waals surface area contributed by atoms with Crippen molar-refractivity contribution in [2.45, 2.75) is 64.2 Å². The number of rotatable bonds is 13. The highest BCUT2D eigenvalue weighted by molar-refractivity contribution is 5.86. The van der Waals surface area contributed by atoms with Gasteiger partial charge in [0.15, 0.2) is 5.78 Å². The van der Waals surface area contributed by atoms with E-state index >= 15 is 0 Å². The Hall–Kier alpha value is -0.960. The number of aliphatic hydroxyl groups is 1. The van der Waals surface area contributed by atoms with Crippen molar-refractivity contribution >= 4 is 11.6 Å². The van der Waals surface area contributed by atoms with E-state index in [0.29, 0.717) is 12.8 Å². The van der Waals surface area contributed by atoms with Crippen LogP contribution in [-0.2, 0) is 9.59 Å². The molecule has 1 N–H and O–H groups in total. The minimum atomic E-state index is -0.446. The zero-order valence-electron chi connectivity index (χ0n) is 11.3. The van der Waals surface area contributed by atoms with E-state index in [1.54, 1.807) is 0 Å². The molecule has 0 aliphatic carbocycles. The maximum absolute atomic E-state index is 11.4. The summed E-state index contributed by atoms with van der Waals surface area (Å²) in [5.74, 6) is -0.103. The third-order valence-electron chi connectivity index (χ3n) is 2.97. The fourth-order valence-electron chi connectivity index (χ4n) is 1.80. The lowest BCUT2D eigenvalue weighted by Gasteiger charge is -2.01. The second kappa shape index (κ2) is 12.5. The molecule has 0 spiro atoms. The highest BCUT2D eigenvalue weighted by atomic mass is 16.3. The van der Waals surface area contributed by atoms with Crippen molar-refractivity contribution in [3.63, 3.8) is 0 Å². The van der Waals surface area contributed by atoms with E-state index in [1.807, 2.05) is 6.08 Å². The van der Waals surface area contributed by atoms with Gasteiger partial charge < -0.3 is 5.11 Å². The first-order chi connectivity index (χ1) is 8.70. The minimum Gasteiger partial charge on any atom is -0.389 e. The Bertz CT molecular complexity index is 246. The van der Waals surface area contributed by atoms with Crippen molar-refractivity contribution in [1.29, 1.82) is 0 Å². The summed E-state index contributed by atoms with van der Waals surface area (Å²) in [6.45, 7) is 3.24. The molecule has 18 heavy (non-hydrogen) atoms. The van der Waals surface area contributed by atoms with E-state index in [1.165, 1.54) is 25.7 Å². The summed E-state index contributed by atoms with van der Waals surface area (Å²) in [4.78, 5) is 22.2. The molecular weight excluding hydrogens is 228 g/mol. The third-order valence-corrected chi connectivity index (χ3v) is 2.97. The molecule has 0 aliphatic heterocycles. The average Bonchev–Trinajstić information content (AvgIpc) is 2.39. The Labute approximate surface area is 110 Å². The van der Waals surface area contributed by atoms with Gasteiger partial charge in [-0.25, -0.2) is 0 Å². The Balaban J connectivity index is 3.25. The Morgan fingerprint density at radius 1 is 0.833 bits per heavy atom. The molecule has 0 radical (unpaired) electrons. The van der Waals surface area contributed by atoms with Crippen molar-refractivity contribution in [1.82, 2.24) is 0 Å². The number of carbonyl (C=O) groups is 2. The summed E-state index contributed by atoms with van der Waals surface area (Å²) < 4.78 is 0. The van der Waals surface area contributed by atoms with E-state index < -0.39 is 6.61 Å². The summed E-state index contributed by atoms with van der Waals surface area (Å²) in [7, 11) is 0. The maximum atomic E-state index is 11.4. The van der Waals surface area contributed by atoms with Gasteiger partial charge in [0, 0.05) is 19.3 Å². The molecule has 0 aliphatic rings. The molecule has 3 nitrogen and oxygen atoms in total. The lowest BCUT2D eigenvalue weighted by Crippen LogP contribution is -2.07. The molecule has 0 rings (SSSR count). The van der Waals surface area contributed by atoms with Gasteiger partial charge in [-0.1, -0.05) is 31.8 Å². The molecule has 0 unspecified atom stereocenters. The standard InChI is InChI=1S/C15H26O3/c1-2-3-4-5-6-7-8-9-10-14(17)11-12-15(18)13-16/h2,16H,1,3-13H2. The molecule has 0 bridgehead atoms. The zero-order valence-corrected chi connectivity index (χ0v) is 11.3. The van der Waals surface area contributed by atoms with E-state index in [2.05, 4.69) is 6.58 Å². The van der Waals surface area contributed by atoms with Crippen LogP contribution in [0.15, 0.2) is 12.7 Å². The fourth-order valence-corrected chi connectivity index (χ4v) is 1.80. The first kappa shape index (κ1) is 17.0. The summed E-state index contributed by atoms with van der Waals surface area (Å²) >= 11 is 0. The Morgan fingerprint density at radius 2 is 1.39 bits per heavy atom. The number of Topliss-reactive ketones (excluding diaryl/α,β-unsaturated/α-hetero) is 2. The van der Waals surface area contributed by atoms with Crippen molar-refractivity contribution in [2.24, 2.45) is 0 Å². The van der Waals surface area contributed by atoms with Crippen LogP contribution < -0.4 is 0 Å². The summed E-state index contributed by atoms with van der Waals surface area (Å²) in [5, 5.41) is 8.52. The highest BCUT2D eigenvalue weighted by Crippen LogP contribution is 2.10. The van der Waals surface area contributed by atoms with Crippen LogP contribution in [0.25, 0.3) is 0 Å². The lowest BCUT2D eigenvalue weighted by molar-refractivity contribution is -0.125. The van der Waals surface area contributed by atoms with Gasteiger partial charge in [0.05, 0.1) is 0 Å². The van der Waals surface area contributed by atoms with E-state index in [-0.39, 0.29) is 18.0 Å². The second-order valence-corrected chi connectivity index (χ2v) is 4.68. The fraction of sp³-hybridized carbons (Fsp3) is 0.733. The quantitative estimate of drug-likeness (QED) is 0.405. The summed E-state index contributed by atoms with van der Waals surface area (Å²) in [6, 6.07) is 0. The van der Waals surface area contributed by atoms with Crippen LogP contribution in [0.5, 0.6) is 0 Å². The predicted molar refractivity (Wildman–Crippen MR) is 73.5 cm³/mol. The van der Waals surface area contributed by atoms with Crippen LogP contribution in [-0.4, -0.2) is 23.3 Å². The second-order valence-electron chi connectivity index (χ2n) is 4.68. The Morgan fingerprint density at radius 3 is 2.00 bits per heavy atom. The van der Waals surface area contributed by atoms with Gasteiger partial charge in [-0.15, -0.1) is 6.58 Å². The molecule has 0 saturated carbocycles. The van der Waals surface area contributed by atoms with Gasteiger partial charge >= 0.3 is 0 Å². The molecule has 0 aromatic rings. The topological polar surface area (TPSA) is 54.4 Å². The monoisotopic (exact) mass is 254 g/mol. The van der Waals surface area contributed by atoms with Gasteiger partial charge in [-0.3, -0.25) is 9.59 Å². The Kier molecular flexibility index (Phi) is 11.8. The average molecular weight is 254 g/mol. The molecule has 0 amide bonds. The first-order valence-electron chi connectivity index (χ1n) is 6.96. The van der Waals surface area contributed by atoms with Crippen molar-refractivity contribution in [3.05, 3.63) is 12.7 Å². The number of unbranched alkanes of at least 4 members (excludes halogenated alkanes) is 6.